The van der Waals surface area contributed by atoms with Gasteiger partial charge in [0.2, 0.25) is 10.0 Å². The number of hydrogen-bond donors (Lipinski definition) is 1. The maximum Gasteiger partial charge on any atom is 0.289 e. The molecule has 1 aliphatic heterocycles. The third-order valence-electron chi connectivity index (χ3n) is 4.14. The number of nitro groups is 1. The Morgan fingerprint density at radius 3 is 2.54 bits per heavy atom. The third-order valence-corrected chi connectivity index (χ3v) is 6.82. The zero-order chi connectivity index (χ0) is 17.2. The molecule has 1 fully saturated rings. The molecule has 0 amide bonds. The fraction of sp³-hybridized carbons (Fsp3) is 0.333. The van der Waals surface area contributed by atoms with E-state index in [0.717, 1.165) is 6.54 Å². The highest BCUT2D eigenvalue weighted by molar-refractivity contribution is 7.89. The molecule has 2 aromatic rings. The molecule has 0 saturated carbocycles. The van der Waals surface area contributed by atoms with Gasteiger partial charge in [0.15, 0.2) is 4.90 Å². The maximum absolute atomic E-state index is 12.8. The van der Waals surface area contributed by atoms with Gasteiger partial charge in [-0.2, -0.15) is 15.6 Å². The highest BCUT2D eigenvalue weighted by atomic mass is 32.2. The van der Waals surface area contributed by atoms with Gasteiger partial charge < -0.3 is 4.90 Å². The van der Waals surface area contributed by atoms with Crippen LogP contribution in [0.1, 0.15) is 5.56 Å². The van der Waals surface area contributed by atoms with Crippen molar-refractivity contribution in [2.24, 2.45) is 0 Å². The summed E-state index contributed by atoms with van der Waals surface area (Å²) in [5.74, 6) is 0. The Labute approximate surface area is 144 Å². The topological polar surface area (TPSA) is 85.0 Å². The minimum atomic E-state index is -3.84. The maximum atomic E-state index is 12.8. The molecule has 0 bridgehead atoms. The Morgan fingerprint density at radius 2 is 1.92 bits per heavy atom. The lowest BCUT2D eigenvalue weighted by Crippen LogP contribution is -3.13. The van der Waals surface area contributed by atoms with Gasteiger partial charge in [-0.3, -0.25) is 10.1 Å². The minimum Gasteiger partial charge on any atom is -0.329 e. The van der Waals surface area contributed by atoms with E-state index in [2.05, 4.69) is 11.4 Å². The van der Waals surface area contributed by atoms with Crippen molar-refractivity contribution in [1.82, 2.24) is 4.31 Å². The van der Waals surface area contributed by atoms with Gasteiger partial charge in [0.05, 0.1) is 31.1 Å². The Balaban J connectivity index is 1.72. The molecule has 1 aromatic carbocycles. The second-order valence-corrected chi connectivity index (χ2v) is 8.37. The molecule has 128 valence electrons. The SMILES string of the molecule is O=[N+]([O-])c1ccccc1S(=O)(=O)N1CC[NH+](Cc2ccsc2)CC1. The van der Waals surface area contributed by atoms with E-state index in [4.69, 9.17) is 0 Å². The molecule has 0 radical (unpaired) electrons. The van der Waals surface area contributed by atoms with Gasteiger partial charge in [-0.25, -0.2) is 8.42 Å². The van der Waals surface area contributed by atoms with Crippen molar-refractivity contribution in [3.05, 3.63) is 56.8 Å². The number of nitrogens with one attached hydrogen (secondary N) is 1. The van der Waals surface area contributed by atoms with Crippen LogP contribution in [0.15, 0.2) is 46.0 Å². The molecule has 2 heterocycles. The molecule has 0 unspecified atom stereocenters. The van der Waals surface area contributed by atoms with Crippen LogP contribution in [0, 0.1) is 10.1 Å². The summed E-state index contributed by atoms with van der Waals surface area (Å²) in [5, 5.41) is 15.2. The van der Waals surface area contributed by atoms with Crippen molar-refractivity contribution in [3.63, 3.8) is 0 Å². The molecule has 0 aliphatic carbocycles. The number of nitro benzene ring substituents is 1. The van der Waals surface area contributed by atoms with Crippen LogP contribution >= 0.6 is 11.3 Å². The number of sulfonamides is 1. The zero-order valence-electron chi connectivity index (χ0n) is 12.9. The molecule has 0 spiro atoms. The van der Waals surface area contributed by atoms with E-state index in [1.54, 1.807) is 11.3 Å². The molecule has 3 rings (SSSR count). The van der Waals surface area contributed by atoms with Gasteiger partial charge in [-0.15, -0.1) is 0 Å². The molecule has 7 nitrogen and oxygen atoms in total. The van der Waals surface area contributed by atoms with Crippen LogP contribution in [0.4, 0.5) is 5.69 Å². The van der Waals surface area contributed by atoms with Crippen molar-refractivity contribution in [1.29, 1.82) is 0 Å². The first-order valence-corrected chi connectivity index (χ1v) is 9.95. The van der Waals surface area contributed by atoms with E-state index in [1.165, 1.54) is 39.0 Å². The fourth-order valence-corrected chi connectivity index (χ4v) is 5.13. The quantitative estimate of drug-likeness (QED) is 0.623. The first-order valence-electron chi connectivity index (χ1n) is 7.56. The van der Waals surface area contributed by atoms with E-state index < -0.39 is 14.9 Å². The summed E-state index contributed by atoms with van der Waals surface area (Å²) in [4.78, 5) is 11.5. The summed E-state index contributed by atoms with van der Waals surface area (Å²) >= 11 is 1.65. The lowest BCUT2D eigenvalue weighted by molar-refractivity contribution is -0.917. The van der Waals surface area contributed by atoms with Gasteiger partial charge in [-0.1, -0.05) is 12.1 Å². The van der Waals surface area contributed by atoms with Crippen LogP contribution in [-0.4, -0.2) is 43.8 Å². The second kappa shape index (κ2) is 6.98. The van der Waals surface area contributed by atoms with Gasteiger partial charge in [0.1, 0.15) is 6.54 Å². The van der Waals surface area contributed by atoms with Gasteiger partial charge in [-0.05, 0) is 22.9 Å². The highest BCUT2D eigenvalue weighted by Crippen LogP contribution is 2.26. The summed E-state index contributed by atoms with van der Waals surface area (Å²) in [6.45, 7) is 3.00. The predicted octanol–water partition coefficient (Wildman–Crippen LogP) is 0.746. The van der Waals surface area contributed by atoms with Crippen molar-refractivity contribution in [2.75, 3.05) is 26.2 Å². The number of quaternary nitrogens is 1. The molecule has 1 N–H and O–H groups in total. The summed E-state index contributed by atoms with van der Waals surface area (Å²) in [6.07, 6.45) is 0. The summed E-state index contributed by atoms with van der Waals surface area (Å²) in [6, 6.07) is 7.59. The van der Waals surface area contributed by atoms with Crippen LogP contribution in [-0.2, 0) is 16.6 Å². The number of piperazine rings is 1. The second-order valence-electron chi connectivity index (χ2n) is 5.69. The number of nitrogens with zero attached hydrogens (tertiary/aromatic N) is 2. The summed E-state index contributed by atoms with van der Waals surface area (Å²) in [5.41, 5.74) is 0.885. The molecule has 0 atom stereocenters. The van der Waals surface area contributed by atoms with E-state index in [1.807, 2.05) is 5.38 Å². The average Bonchev–Trinajstić information content (AvgIpc) is 3.08. The van der Waals surface area contributed by atoms with Gasteiger partial charge in [0, 0.05) is 11.6 Å². The molecule has 1 aromatic heterocycles. The predicted molar refractivity (Wildman–Crippen MR) is 90.6 cm³/mol. The Bertz CT molecular complexity index is 813. The van der Waals surface area contributed by atoms with Crippen LogP contribution in [0.25, 0.3) is 0 Å². The van der Waals surface area contributed by atoms with Crippen molar-refractivity contribution in [3.8, 4) is 0 Å². The van der Waals surface area contributed by atoms with E-state index >= 15 is 0 Å². The summed E-state index contributed by atoms with van der Waals surface area (Å²) < 4.78 is 26.9. The smallest absolute Gasteiger partial charge is 0.289 e. The zero-order valence-corrected chi connectivity index (χ0v) is 14.6. The van der Waals surface area contributed by atoms with Crippen LogP contribution in [0.2, 0.25) is 0 Å². The Hall–Kier alpha value is -1.81. The van der Waals surface area contributed by atoms with E-state index in [0.29, 0.717) is 26.2 Å². The van der Waals surface area contributed by atoms with Gasteiger partial charge >= 0.3 is 0 Å². The monoisotopic (exact) mass is 368 g/mol. The molecule has 1 aliphatic rings. The molecule has 9 heteroatoms. The number of rotatable bonds is 5. The first kappa shape index (κ1) is 17.0. The van der Waals surface area contributed by atoms with E-state index in [-0.39, 0.29) is 10.6 Å². The Kier molecular flexibility index (Phi) is 4.95. The summed E-state index contributed by atoms with van der Waals surface area (Å²) in [7, 11) is -3.84. The normalized spacial score (nSPS) is 17.0. The fourth-order valence-electron chi connectivity index (χ4n) is 2.87. The minimum absolute atomic E-state index is 0.226. The molecular weight excluding hydrogens is 350 g/mol. The van der Waals surface area contributed by atoms with Crippen LogP contribution < -0.4 is 4.90 Å². The average molecular weight is 368 g/mol. The Morgan fingerprint density at radius 1 is 1.21 bits per heavy atom. The number of para-hydroxylation sites is 1. The lowest BCUT2D eigenvalue weighted by Gasteiger charge is -2.31. The lowest BCUT2D eigenvalue weighted by atomic mass is 10.3. The molecule has 1 saturated heterocycles. The largest absolute Gasteiger partial charge is 0.329 e. The third kappa shape index (κ3) is 3.48. The van der Waals surface area contributed by atoms with Gasteiger partial charge in [0.25, 0.3) is 5.69 Å². The molecule has 24 heavy (non-hydrogen) atoms. The van der Waals surface area contributed by atoms with E-state index in [9.17, 15) is 18.5 Å². The first-order chi connectivity index (χ1) is 11.5. The standard InChI is InChI=1S/C15H17N3O4S2/c19-18(20)14-3-1-2-4-15(14)24(21,22)17-8-6-16(7-9-17)11-13-5-10-23-12-13/h1-5,10,12H,6-9,11H2/p+1. The number of benzene rings is 1. The number of hydrogen-bond acceptors (Lipinski definition) is 5. The highest BCUT2D eigenvalue weighted by Gasteiger charge is 2.34. The molecular formula is C15H18N3O4S2+. The van der Waals surface area contributed by atoms with Crippen LogP contribution in [0.3, 0.4) is 0 Å². The van der Waals surface area contributed by atoms with Crippen molar-refractivity contribution < 1.29 is 18.2 Å². The van der Waals surface area contributed by atoms with Crippen molar-refractivity contribution in [2.45, 2.75) is 11.4 Å². The number of thiophene rings is 1. The van der Waals surface area contributed by atoms with Crippen LogP contribution in [0.5, 0.6) is 0 Å². The van der Waals surface area contributed by atoms with Crippen molar-refractivity contribution >= 4 is 27.0 Å².